The number of benzene rings is 1. The van der Waals surface area contributed by atoms with Crippen molar-refractivity contribution in [2.45, 2.75) is 112 Å². The lowest BCUT2D eigenvalue weighted by molar-refractivity contribution is -0.139. The van der Waals surface area contributed by atoms with Gasteiger partial charge >= 0.3 is 12.2 Å². The Hall–Kier alpha value is -5.70. The Balaban J connectivity index is 0. The number of ether oxygens (including phenoxy) is 2. The van der Waals surface area contributed by atoms with Crippen LogP contribution in [-0.2, 0) is 51.4 Å². The van der Waals surface area contributed by atoms with Crippen LogP contribution in [-0.4, -0.2) is 109 Å². The van der Waals surface area contributed by atoms with Gasteiger partial charge < -0.3 is 46.5 Å². The number of imide groups is 1. The smallest absolute Gasteiger partial charge is 0.450 e. The molecule has 3 rings (SSSR count). The van der Waals surface area contributed by atoms with Gasteiger partial charge in [-0.2, -0.15) is 0 Å². The molecule has 18 heteroatoms. The average molecular weight is 820 g/mol. The number of urea groups is 1. The van der Waals surface area contributed by atoms with Crippen LogP contribution in [0.1, 0.15) is 104 Å². The first kappa shape index (κ1) is 54.4. The van der Waals surface area contributed by atoms with Gasteiger partial charge in [0.25, 0.3) is 0 Å². The highest BCUT2D eigenvalue weighted by Gasteiger charge is 2.28. The van der Waals surface area contributed by atoms with Crippen LogP contribution in [0.25, 0.3) is 0 Å². The van der Waals surface area contributed by atoms with E-state index in [-0.39, 0.29) is 83.4 Å². The van der Waals surface area contributed by atoms with E-state index < -0.39 is 42.5 Å². The van der Waals surface area contributed by atoms with Gasteiger partial charge in [-0.3, -0.25) is 33.7 Å². The highest BCUT2D eigenvalue weighted by molar-refractivity contribution is 6.02. The van der Waals surface area contributed by atoms with Crippen molar-refractivity contribution in [1.29, 1.82) is 0 Å². The minimum atomic E-state index is -1.48. The lowest BCUT2D eigenvalue weighted by Gasteiger charge is -2.20. The summed E-state index contributed by atoms with van der Waals surface area (Å²) in [7, 11) is 1.51. The van der Waals surface area contributed by atoms with Crippen molar-refractivity contribution < 1.29 is 52.9 Å². The molecule has 0 bridgehead atoms. The summed E-state index contributed by atoms with van der Waals surface area (Å²) in [6, 6.07) is 2.72. The number of nitrogens with zero attached hydrogens (tertiary/aromatic N) is 2. The highest BCUT2D eigenvalue weighted by atomic mass is 16.7. The summed E-state index contributed by atoms with van der Waals surface area (Å²) >= 11 is 0. The van der Waals surface area contributed by atoms with Crippen LogP contribution in [0.2, 0.25) is 0 Å². The summed E-state index contributed by atoms with van der Waals surface area (Å²) in [5.41, 5.74) is 6.34. The fourth-order valence-electron chi connectivity index (χ4n) is 4.87. The number of nitrogens with one attached hydrogen (secondary N) is 4. The predicted octanol–water partition coefficient (Wildman–Crippen LogP) is 3.51. The number of anilines is 1. The van der Waals surface area contributed by atoms with E-state index >= 15 is 0 Å². The van der Waals surface area contributed by atoms with Crippen LogP contribution in [0.5, 0.6) is 0 Å². The van der Waals surface area contributed by atoms with Gasteiger partial charge in [0.2, 0.25) is 35.9 Å². The maximum Gasteiger partial charge on any atom is 0.506 e. The van der Waals surface area contributed by atoms with E-state index in [0.717, 1.165) is 10.8 Å². The second kappa shape index (κ2) is 33.4. The van der Waals surface area contributed by atoms with E-state index in [1.165, 1.54) is 55.8 Å². The topological polar surface area (TPSA) is 256 Å². The number of terminal acetylenes is 1. The van der Waals surface area contributed by atoms with Crippen molar-refractivity contribution in [3.63, 3.8) is 0 Å². The van der Waals surface area contributed by atoms with E-state index in [2.05, 4.69) is 59.6 Å². The standard InChI is InChI=1S/C28H39N7O11.C5H10.C3H8.C2H6.C2H2/c1-34(17-36)15-19-13-20(5-4-18(19)16-46-28(43)44)32-26(41)21(3-2-9-30-27(29)42)33-23(38)14-31-22(37)8-11-45-12-10-35-24(39)6-7-25(35)40;1-5-3-2-4-5;1-3-2;2*1-2/h4-5,13,17,21H,2-3,6-12,14-16H2,1H3,(H,31,37)(H,32,41)(H,33,38)(H,43,44)(H3,29,30,42);5H,2-4H2,1H3;3H2,1-2H3;1-2H3;1-2H/t21-;;;;/m0..../s1. The van der Waals surface area contributed by atoms with Gasteiger partial charge in [-0.1, -0.05) is 66.4 Å². The molecule has 18 nitrogen and oxygen atoms in total. The van der Waals surface area contributed by atoms with Crippen LogP contribution >= 0.6 is 0 Å². The van der Waals surface area contributed by atoms with E-state index in [1.54, 1.807) is 0 Å². The predicted molar refractivity (Wildman–Crippen MR) is 219 cm³/mol. The molecule has 0 aromatic heterocycles. The number of nitrogens with two attached hydrogens (primary N) is 1. The maximum absolute atomic E-state index is 13.2. The molecule has 2 aliphatic rings. The molecular weight excluding hydrogens is 754 g/mol. The molecule has 1 aliphatic carbocycles. The third-order valence-electron chi connectivity index (χ3n) is 7.97. The van der Waals surface area contributed by atoms with Gasteiger partial charge in [-0.05, 0) is 42.0 Å². The number of amides is 8. The third kappa shape index (κ3) is 25.5. The first-order valence-electron chi connectivity index (χ1n) is 19.5. The lowest BCUT2D eigenvalue weighted by atomic mass is 9.88. The summed E-state index contributed by atoms with van der Waals surface area (Å²) in [6.07, 6.45) is 13.4. The lowest BCUT2D eigenvalue weighted by Crippen LogP contribution is -2.47. The third-order valence-corrected chi connectivity index (χ3v) is 7.97. The molecule has 1 aromatic rings. The van der Waals surface area contributed by atoms with Crippen molar-refractivity contribution in [1.82, 2.24) is 25.8 Å². The molecule has 1 heterocycles. The Morgan fingerprint density at radius 2 is 1.62 bits per heavy atom. The molecular formula is C40H65N7O11. The molecule has 0 unspecified atom stereocenters. The maximum atomic E-state index is 13.2. The molecule has 8 amide bonds. The zero-order valence-electron chi connectivity index (χ0n) is 34.9. The molecule has 58 heavy (non-hydrogen) atoms. The van der Waals surface area contributed by atoms with Crippen molar-refractivity contribution in [3.8, 4) is 12.8 Å². The zero-order chi connectivity index (χ0) is 44.5. The summed E-state index contributed by atoms with van der Waals surface area (Å²) in [5, 5.41) is 18.9. The Morgan fingerprint density at radius 3 is 2.14 bits per heavy atom. The van der Waals surface area contributed by atoms with Gasteiger partial charge in [-0.15, -0.1) is 12.8 Å². The number of carbonyl (C=O) groups is 8. The van der Waals surface area contributed by atoms with E-state index in [9.17, 15) is 38.4 Å². The van der Waals surface area contributed by atoms with E-state index in [1.807, 2.05) is 13.8 Å². The highest BCUT2D eigenvalue weighted by Crippen LogP contribution is 2.24. The molecule has 1 aliphatic heterocycles. The SMILES string of the molecule is C#C.CC.CC1CCC1.CCC.CN(C=O)Cc1cc(NC(=O)[C@H](CCCNC(N)=O)NC(=O)CNC(=O)CCOCCN2C(=O)CCC2=O)ccc1COC(=O)O. The van der Waals surface area contributed by atoms with Gasteiger partial charge in [0.15, 0.2) is 0 Å². The Kier molecular flexibility index (Phi) is 31.4. The summed E-state index contributed by atoms with van der Waals surface area (Å²) in [5.74, 6) is -1.25. The normalized spacial score (nSPS) is 13.0. The summed E-state index contributed by atoms with van der Waals surface area (Å²) in [6.45, 7) is 10.2. The van der Waals surface area contributed by atoms with Gasteiger partial charge in [-0.25, -0.2) is 9.59 Å². The van der Waals surface area contributed by atoms with E-state index in [0.29, 0.717) is 23.2 Å². The molecule has 1 saturated carbocycles. The molecule has 1 atom stereocenters. The van der Waals surface area contributed by atoms with Crippen LogP contribution < -0.4 is 27.0 Å². The Morgan fingerprint density at radius 1 is 1.02 bits per heavy atom. The zero-order valence-corrected chi connectivity index (χ0v) is 34.9. The van der Waals surface area contributed by atoms with Gasteiger partial charge in [0, 0.05) is 45.1 Å². The average Bonchev–Trinajstić information content (AvgIpc) is 3.51. The second-order valence-electron chi connectivity index (χ2n) is 12.9. The van der Waals surface area contributed by atoms with Crippen LogP contribution in [0.3, 0.4) is 0 Å². The monoisotopic (exact) mass is 819 g/mol. The first-order chi connectivity index (χ1) is 27.7. The largest absolute Gasteiger partial charge is 0.506 e. The Bertz CT molecular complexity index is 1440. The van der Waals surface area contributed by atoms with Crippen LogP contribution in [0.15, 0.2) is 18.2 Å². The molecule has 326 valence electrons. The summed E-state index contributed by atoms with van der Waals surface area (Å²) in [4.78, 5) is 96.6. The quantitative estimate of drug-likeness (QED) is 0.0365. The fraction of sp³-hybridized carbons (Fsp3) is 0.600. The van der Waals surface area contributed by atoms with Gasteiger partial charge in [0.1, 0.15) is 12.6 Å². The molecule has 1 aromatic carbocycles. The number of likely N-dealkylation sites (tertiary alicyclic amines) is 1. The van der Waals surface area contributed by atoms with Crippen molar-refractivity contribution in [2.24, 2.45) is 11.7 Å². The molecule has 0 radical (unpaired) electrons. The number of hydrogen-bond acceptors (Lipinski definition) is 10. The fourth-order valence-corrected chi connectivity index (χ4v) is 4.87. The van der Waals surface area contributed by atoms with Crippen molar-refractivity contribution in [2.75, 3.05) is 45.2 Å². The first-order valence-corrected chi connectivity index (χ1v) is 19.5. The van der Waals surface area contributed by atoms with Crippen molar-refractivity contribution >= 4 is 53.8 Å². The minimum absolute atomic E-state index is 0.00653. The Labute approximate surface area is 342 Å². The number of primary amides is 1. The van der Waals surface area contributed by atoms with Crippen LogP contribution in [0, 0.1) is 18.8 Å². The number of rotatable bonds is 20. The van der Waals surface area contributed by atoms with Crippen molar-refractivity contribution in [3.05, 3.63) is 29.3 Å². The second-order valence-corrected chi connectivity index (χ2v) is 12.9. The molecule has 2 fully saturated rings. The molecule has 7 N–H and O–H groups in total. The number of hydrogen-bond donors (Lipinski definition) is 6. The molecule has 1 saturated heterocycles. The van der Waals surface area contributed by atoms with Crippen LogP contribution in [0.4, 0.5) is 15.3 Å². The summed E-state index contributed by atoms with van der Waals surface area (Å²) < 4.78 is 9.94. The van der Waals surface area contributed by atoms with E-state index in [4.69, 9.17) is 15.6 Å². The number of carboxylic acid groups (broad SMARTS) is 1. The van der Waals surface area contributed by atoms with Gasteiger partial charge in [0.05, 0.1) is 26.3 Å². The number of carbonyl (C=O) groups excluding carboxylic acids is 7. The minimum Gasteiger partial charge on any atom is -0.450 e. The molecule has 0 spiro atoms.